The minimum atomic E-state index is -0.116. The first-order valence-corrected chi connectivity index (χ1v) is 6.25. The van der Waals surface area contributed by atoms with Gasteiger partial charge in [-0.1, -0.05) is 30.1 Å². The van der Waals surface area contributed by atoms with Crippen molar-refractivity contribution in [2.75, 3.05) is 5.32 Å². The van der Waals surface area contributed by atoms with Crippen LogP contribution in [0.2, 0.25) is 10.0 Å². The molecule has 2 N–H and O–H groups in total. The van der Waals surface area contributed by atoms with E-state index in [1.54, 1.807) is 18.2 Å². The van der Waals surface area contributed by atoms with Gasteiger partial charge in [0.1, 0.15) is 0 Å². The van der Waals surface area contributed by atoms with Crippen molar-refractivity contribution in [3.8, 4) is 0 Å². The van der Waals surface area contributed by atoms with Crippen LogP contribution in [0.1, 0.15) is 19.8 Å². The summed E-state index contributed by atoms with van der Waals surface area (Å²) in [6, 6.07) is 4.98. The average molecular weight is 291 g/mol. The van der Waals surface area contributed by atoms with Crippen molar-refractivity contribution >= 4 is 52.1 Å². The first-order chi connectivity index (χ1) is 8.02. The van der Waals surface area contributed by atoms with Crippen molar-refractivity contribution in [2.24, 2.45) is 0 Å². The Labute approximate surface area is 115 Å². The highest BCUT2D eigenvalue weighted by atomic mass is 35.5. The van der Waals surface area contributed by atoms with Crippen LogP contribution >= 0.6 is 35.4 Å². The van der Waals surface area contributed by atoms with Crippen molar-refractivity contribution in [3.05, 3.63) is 28.2 Å². The van der Waals surface area contributed by atoms with Gasteiger partial charge in [0, 0.05) is 11.4 Å². The number of amides is 1. The average Bonchev–Trinajstić information content (AvgIpc) is 2.22. The first-order valence-electron chi connectivity index (χ1n) is 5.08. The van der Waals surface area contributed by atoms with Gasteiger partial charge in [-0.2, -0.15) is 0 Å². The minimum absolute atomic E-state index is 0.116. The minimum Gasteiger partial charge on any atom is -0.331 e. The van der Waals surface area contributed by atoms with Gasteiger partial charge in [-0.25, -0.2) is 0 Å². The Bertz CT molecular complexity index is 437. The molecule has 0 radical (unpaired) electrons. The first kappa shape index (κ1) is 14.2. The maximum Gasteiger partial charge on any atom is 0.226 e. The smallest absolute Gasteiger partial charge is 0.226 e. The lowest BCUT2D eigenvalue weighted by molar-refractivity contribution is -0.119. The Morgan fingerprint density at radius 3 is 2.71 bits per heavy atom. The number of thiocarbonyl (C=S) groups is 1. The molecule has 0 heterocycles. The molecule has 92 valence electrons. The molecule has 0 aromatic heterocycles. The summed E-state index contributed by atoms with van der Waals surface area (Å²) in [4.78, 5) is 11.3. The van der Waals surface area contributed by atoms with Crippen molar-refractivity contribution in [1.82, 2.24) is 5.32 Å². The number of hydrogen-bond donors (Lipinski definition) is 2. The van der Waals surface area contributed by atoms with Gasteiger partial charge in [-0.15, -0.1) is 0 Å². The van der Waals surface area contributed by atoms with Crippen LogP contribution in [0.15, 0.2) is 18.2 Å². The number of hydrogen-bond acceptors (Lipinski definition) is 2. The molecule has 0 bridgehead atoms. The van der Waals surface area contributed by atoms with Gasteiger partial charge in [0.25, 0.3) is 0 Å². The molecule has 3 nitrogen and oxygen atoms in total. The number of nitrogens with one attached hydrogen (secondary N) is 2. The Hall–Kier alpha value is -0.840. The summed E-state index contributed by atoms with van der Waals surface area (Å²) < 4.78 is 0. The van der Waals surface area contributed by atoms with E-state index in [2.05, 4.69) is 10.6 Å². The van der Waals surface area contributed by atoms with E-state index in [-0.39, 0.29) is 11.0 Å². The summed E-state index contributed by atoms with van der Waals surface area (Å²) in [6.45, 7) is 1.92. The van der Waals surface area contributed by atoms with Gasteiger partial charge >= 0.3 is 0 Å². The summed E-state index contributed by atoms with van der Waals surface area (Å²) in [5, 5.41) is 6.62. The number of rotatable bonds is 3. The van der Waals surface area contributed by atoms with Crippen LogP contribution in [0.4, 0.5) is 5.69 Å². The molecule has 17 heavy (non-hydrogen) atoms. The fraction of sp³-hybridized carbons (Fsp3) is 0.273. The number of carbonyl (C=O) groups is 1. The molecule has 0 fully saturated rings. The maximum atomic E-state index is 11.3. The molecule has 6 heteroatoms. The third kappa shape index (κ3) is 4.89. The van der Waals surface area contributed by atoms with Gasteiger partial charge in [0.05, 0.1) is 10.7 Å². The van der Waals surface area contributed by atoms with Crippen LogP contribution in [0.25, 0.3) is 0 Å². The molecule has 0 aliphatic rings. The molecule has 0 aliphatic carbocycles. The number of carbonyl (C=O) groups excluding carboxylic acids is 1. The van der Waals surface area contributed by atoms with Crippen LogP contribution in [-0.4, -0.2) is 11.0 Å². The normalized spacial score (nSPS) is 9.82. The zero-order valence-corrected chi connectivity index (χ0v) is 11.5. The molecule has 0 spiro atoms. The summed E-state index contributed by atoms with van der Waals surface area (Å²) in [6.07, 6.45) is 1.21. The van der Waals surface area contributed by atoms with Crippen molar-refractivity contribution in [3.63, 3.8) is 0 Å². The highest BCUT2D eigenvalue weighted by Crippen LogP contribution is 2.25. The largest absolute Gasteiger partial charge is 0.331 e. The van der Waals surface area contributed by atoms with Crippen LogP contribution < -0.4 is 10.6 Å². The monoisotopic (exact) mass is 290 g/mol. The molecule has 1 rings (SSSR count). The molecule has 0 saturated heterocycles. The highest BCUT2D eigenvalue weighted by molar-refractivity contribution is 7.80. The van der Waals surface area contributed by atoms with Gasteiger partial charge in [-0.3, -0.25) is 4.79 Å². The van der Waals surface area contributed by atoms with E-state index in [4.69, 9.17) is 35.4 Å². The van der Waals surface area contributed by atoms with Gasteiger partial charge in [0.2, 0.25) is 5.91 Å². The lowest BCUT2D eigenvalue weighted by Crippen LogP contribution is -2.33. The SMILES string of the molecule is CCCC(=O)NC(=S)Nc1ccc(Cl)cc1Cl. The van der Waals surface area contributed by atoms with Crippen LogP contribution in [-0.2, 0) is 4.79 Å². The Balaban J connectivity index is 2.59. The standard InChI is InChI=1S/C11H12Cl2N2OS/c1-2-3-10(16)15-11(17)14-9-5-4-7(12)6-8(9)13/h4-6H,2-3H2,1H3,(H2,14,15,16,17). The molecule has 0 unspecified atom stereocenters. The topological polar surface area (TPSA) is 41.1 Å². The van der Waals surface area contributed by atoms with E-state index in [1.807, 2.05) is 6.92 Å². The van der Waals surface area contributed by atoms with E-state index in [0.29, 0.717) is 22.2 Å². The molecule has 1 aromatic rings. The number of anilines is 1. The van der Waals surface area contributed by atoms with Crippen LogP contribution in [0.5, 0.6) is 0 Å². The summed E-state index contributed by atoms with van der Waals surface area (Å²) in [5.74, 6) is -0.116. The summed E-state index contributed by atoms with van der Waals surface area (Å²) in [5.41, 5.74) is 0.609. The van der Waals surface area contributed by atoms with E-state index in [0.717, 1.165) is 6.42 Å². The second kappa shape index (κ2) is 6.79. The Morgan fingerprint density at radius 2 is 2.12 bits per heavy atom. The summed E-state index contributed by atoms with van der Waals surface area (Å²) >= 11 is 16.7. The predicted octanol–water partition coefficient (Wildman–Crippen LogP) is 3.61. The van der Waals surface area contributed by atoms with Gasteiger partial charge in [0.15, 0.2) is 5.11 Å². The van der Waals surface area contributed by atoms with Gasteiger partial charge < -0.3 is 10.6 Å². The number of benzene rings is 1. The highest BCUT2D eigenvalue weighted by Gasteiger charge is 2.06. The fourth-order valence-electron chi connectivity index (χ4n) is 1.16. The lowest BCUT2D eigenvalue weighted by Gasteiger charge is -2.10. The zero-order valence-electron chi connectivity index (χ0n) is 9.22. The third-order valence-corrected chi connectivity index (χ3v) is 2.66. The maximum absolute atomic E-state index is 11.3. The van der Waals surface area contributed by atoms with Crippen LogP contribution in [0.3, 0.4) is 0 Å². The predicted molar refractivity (Wildman–Crippen MR) is 75.7 cm³/mol. The van der Waals surface area contributed by atoms with E-state index >= 15 is 0 Å². The Morgan fingerprint density at radius 1 is 1.41 bits per heavy atom. The van der Waals surface area contributed by atoms with E-state index in [9.17, 15) is 4.79 Å². The molecular formula is C11H12Cl2N2OS. The number of halogens is 2. The van der Waals surface area contributed by atoms with Crippen molar-refractivity contribution in [1.29, 1.82) is 0 Å². The third-order valence-electron chi connectivity index (χ3n) is 1.91. The molecule has 0 aliphatic heterocycles. The molecule has 1 aromatic carbocycles. The van der Waals surface area contributed by atoms with E-state index in [1.165, 1.54) is 0 Å². The zero-order chi connectivity index (χ0) is 12.8. The molecule has 1 amide bonds. The van der Waals surface area contributed by atoms with Crippen LogP contribution in [0, 0.1) is 0 Å². The van der Waals surface area contributed by atoms with Crippen molar-refractivity contribution < 1.29 is 4.79 Å². The van der Waals surface area contributed by atoms with Crippen molar-refractivity contribution in [2.45, 2.75) is 19.8 Å². The second-order valence-corrected chi connectivity index (χ2v) is 4.63. The molecule has 0 saturated carbocycles. The van der Waals surface area contributed by atoms with E-state index < -0.39 is 0 Å². The molecule has 0 atom stereocenters. The second-order valence-electron chi connectivity index (χ2n) is 3.38. The summed E-state index contributed by atoms with van der Waals surface area (Å²) in [7, 11) is 0. The lowest BCUT2D eigenvalue weighted by atomic mass is 10.3. The molecular weight excluding hydrogens is 279 g/mol. The fourth-order valence-corrected chi connectivity index (χ4v) is 1.84. The Kier molecular flexibility index (Phi) is 5.68. The van der Waals surface area contributed by atoms with Gasteiger partial charge in [-0.05, 0) is 36.8 Å². The quantitative estimate of drug-likeness (QED) is 0.836.